The van der Waals surface area contributed by atoms with Crippen LogP contribution in [0.1, 0.15) is 25.3 Å². The average Bonchev–Trinajstić information content (AvgIpc) is 3.22. The molecule has 3 atom stereocenters. The van der Waals surface area contributed by atoms with Crippen LogP contribution in [0.3, 0.4) is 0 Å². The lowest BCUT2D eigenvalue weighted by Crippen LogP contribution is -2.55. The van der Waals surface area contributed by atoms with E-state index in [1.807, 2.05) is 24.3 Å². The van der Waals surface area contributed by atoms with Crippen molar-refractivity contribution >= 4 is 40.6 Å². The Kier molecular flexibility index (Phi) is 10.0. The number of rotatable bonds is 13. The van der Waals surface area contributed by atoms with Crippen LogP contribution >= 0.6 is 0 Å². The molecule has 0 aliphatic rings. The number of benzene rings is 1. The molecule has 0 bridgehead atoms. The van der Waals surface area contributed by atoms with Gasteiger partial charge in [0.25, 0.3) is 0 Å². The number of carboxylic acid groups (broad SMARTS) is 1. The number of aliphatic imine (C=N–C) groups is 1. The van der Waals surface area contributed by atoms with E-state index in [0.29, 0.717) is 6.42 Å². The number of aromatic nitrogens is 1. The maximum absolute atomic E-state index is 13.0. The first kappa shape index (κ1) is 27.1. The second-order valence-corrected chi connectivity index (χ2v) is 7.97. The molecular formula is C22H32N8O5. The fraction of sp³-hybridized carbons (Fsp3) is 0.409. The van der Waals surface area contributed by atoms with Gasteiger partial charge in [-0.05, 0) is 31.4 Å². The first-order valence-electron chi connectivity index (χ1n) is 11.1. The van der Waals surface area contributed by atoms with Crippen LogP contribution in [0, 0.1) is 0 Å². The van der Waals surface area contributed by atoms with E-state index in [0.717, 1.165) is 16.5 Å². The van der Waals surface area contributed by atoms with Gasteiger partial charge < -0.3 is 43.2 Å². The highest BCUT2D eigenvalue weighted by atomic mass is 16.4. The zero-order valence-electron chi connectivity index (χ0n) is 19.4. The molecule has 0 radical (unpaired) electrons. The van der Waals surface area contributed by atoms with Crippen LogP contribution in [0.15, 0.2) is 35.5 Å². The van der Waals surface area contributed by atoms with E-state index in [-0.39, 0.29) is 31.9 Å². The van der Waals surface area contributed by atoms with Gasteiger partial charge in [-0.1, -0.05) is 18.2 Å². The summed E-state index contributed by atoms with van der Waals surface area (Å²) in [4.78, 5) is 55.8. The molecule has 0 aliphatic heterocycles. The molecule has 1 aromatic heterocycles. The van der Waals surface area contributed by atoms with Gasteiger partial charge in [0.2, 0.25) is 17.7 Å². The van der Waals surface area contributed by atoms with Crippen molar-refractivity contribution in [3.05, 3.63) is 36.0 Å². The number of para-hydroxylation sites is 1. The van der Waals surface area contributed by atoms with Gasteiger partial charge in [0.1, 0.15) is 18.1 Å². The number of H-pyrrole nitrogens is 1. The van der Waals surface area contributed by atoms with Crippen molar-refractivity contribution < 1.29 is 24.3 Å². The zero-order valence-corrected chi connectivity index (χ0v) is 19.4. The monoisotopic (exact) mass is 488 g/mol. The number of amides is 3. The first-order chi connectivity index (χ1) is 16.6. The van der Waals surface area contributed by atoms with Crippen LogP contribution in [-0.2, 0) is 25.6 Å². The number of nitrogens with zero attached hydrogens (tertiary/aromatic N) is 1. The van der Waals surface area contributed by atoms with Gasteiger partial charge in [-0.25, -0.2) is 4.79 Å². The third-order valence-electron chi connectivity index (χ3n) is 5.25. The van der Waals surface area contributed by atoms with Crippen molar-refractivity contribution in [2.75, 3.05) is 13.1 Å². The summed E-state index contributed by atoms with van der Waals surface area (Å²) in [7, 11) is 0. The number of hydrogen-bond acceptors (Lipinski definition) is 6. The van der Waals surface area contributed by atoms with E-state index in [4.69, 9.17) is 17.2 Å². The molecule has 3 unspecified atom stereocenters. The van der Waals surface area contributed by atoms with Gasteiger partial charge in [0, 0.05) is 30.1 Å². The molecule has 0 spiro atoms. The molecule has 3 amide bonds. The van der Waals surface area contributed by atoms with Gasteiger partial charge in [-0.15, -0.1) is 0 Å². The van der Waals surface area contributed by atoms with Gasteiger partial charge in [0.15, 0.2) is 5.96 Å². The maximum Gasteiger partial charge on any atom is 0.326 e. The topological polar surface area (TPSA) is 231 Å². The smallest absolute Gasteiger partial charge is 0.326 e. The van der Waals surface area contributed by atoms with Crippen molar-refractivity contribution in [1.82, 2.24) is 20.9 Å². The Labute approximate surface area is 201 Å². The minimum absolute atomic E-state index is 0.0915. The van der Waals surface area contributed by atoms with E-state index in [1.54, 1.807) is 6.20 Å². The highest BCUT2D eigenvalue weighted by molar-refractivity contribution is 5.94. The van der Waals surface area contributed by atoms with E-state index >= 15 is 0 Å². The summed E-state index contributed by atoms with van der Waals surface area (Å²) in [6.07, 6.45) is 2.32. The van der Waals surface area contributed by atoms with Crippen molar-refractivity contribution in [3.63, 3.8) is 0 Å². The van der Waals surface area contributed by atoms with Gasteiger partial charge in [0.05, 0.1) is 6.54 Å². The summed E-state index contributed by atoms with van der Waals surface area (Å²) >= 11 is 0. The number of aromatic amines is 1. The Morgan fingerprint density at radius 1 is 1.06 bits per heavy atom. The Balaban J connectivity index is 2.04. The van der Waals surface area contributed by atoms with Crippen LogP contribution in [0.2, 0.25) is 0 Å². The third kappa shape index (κ3) is 8.30. The predicted octanol–water partition coefficient (Wildman–Crippen LogP) is -1.72. The largest absolute Gasteiger partial charge is 0.480 e. The number of hydrogen-bond donors (Lipinski definition) is 8. The number of carboxylic acids is 1. The van der Waals surface area contributed by atoms with Gasteiger partial charge in [-0.2, -0.15) is 0 Å². The molecule has 11 N–H and O–H groups in total. The second-order valence-electron chi connectivity index (χ2n) is 7.97. The molecule has 13 heteroatoms. The molecule has 2 aromatic rings. The average molecular weight is 489 g/mol. The number of carbonyl (C=O) groups is 4. The van der Waals surface area contributed by atoms with Crippen molar-refractivity contribution in [1.29, 1.82) is 0 Å². The SMILES string of the molecule is CC(NC(=O)C(Cc1c[nH]c2ccccc12)NC(=O)CN)C(=O)NC(CCCN=C(N)N)C(=O)O. The summed E-state index contributed by atoms with van der Waals surface area (Å²) in [5.74, 6) is -3.17. The highest BCUT2D eigenvalue weighted by Crippen LogP contribution is 2.19. The molecule has 13 nitrogen and oxygen atoms in total. The summed E-state index contributed by atoms with van der Waals surface area (Å²) in [5.41, 5.74) is 17.5. The number of guanidine groups is 1. The van der Waals surface area contributed by atoms with Gasteiger partial charge >= 0.3 is 5.97 Å². The van der Waals surface area contributed by atoms with Crippen molar-refractivity contribution in [2.24, 2.45) is 22.2 Å². The fourth-order valence-electron chi connectivity index (χ4n) is 3.42. The molecule has 0 fully saturated rings. The van der Waals surface area contributed by atoms with Crippen LogP contribution in [-0.4, -0.2) is 71.0 Å². The standard InChI is InChI=1S/C22H32N8O5/c1-12(19(32)30-16(21(34)35)7-4-8-26-22(24)25)28-20(33)17(29-18(31)10-23)9-13-11-27-15-6-3-2-5-14(13)15/h2-3,5-6,11-12,16-17,27H,4,7-10,23H2,1H3,(H,28,33)(H,29,31)(H,30,32)(H,34,35)(H4,24,25,26). The molecule has 1 aromatic carbocycles. The third-order valence-corrected chi connectivity index (χ3v) is 5.25. The molecule has 2 rings (SSSR count). The Morgan fingerprint density at radius 2 is 1.77 bits per heavy atom. The summed E-state index contributed by atoms with van der Waals surface area (Å²) in [5, 5.41) is 17.8. The van der Waals surface area contributed by atoms with Crippen LogP contribution in [0.25, 0.3) is 10.9 Å². The van der Waals surface area contributed by atoms with Crippen molar-refractivity contribution in [3.8, 4) is 0 Å². The Hall–Kier alpha value is -4.13. The lowest BCUT2D eigenvalue weighted by atomic mass is 10.0. The minimum atomic E-state index is -1.23. The maximum atomic E-state index is 13.0. The van der Waals surface area contributed by atoms with E-state index in [9.17, 15) is 24.3 Å². The number of fused-ring (bicyclic) bond motifs is 1. The normalized spacial score (nSPS) is 13.3. The summed E-state index contributed by atoms with van der Waals surface area (Å²) in [6, 6.07) is 4.24. The predicted molar refractivity (Wildman–Crippen MR) is 130 cm³/mol. The van der Waals surface area contributed by atoms with Crippen LogP contribution in [0.4, 0.5) is 0 Å². The molecule has 1 heterocycles. The second kappa shape index (κ2) is 12.9. The summed E-state index contributed by atoms with van der Waals surface area (Å²) in [6.45, 7) is 1.32. The number of nitrogens with one attached hydrogen (secondary N) is 4. The first-order valence-corrected chi connectivity index (χ1v) is 11.1. The van der Waals surface area contributed by atoms with Crippen LogP contribution < -0.4 is 33.2 Å². The molecule has 0 saturated heterocycles. The zero-order chi connectivity index (χ0) is 26.0. The molecule has 190 valence electrons. The minimum Gasteiger partial charge on any atom is -0.480 e. The Morgan fingerprint density at radius 3 is 2.43 bits per heavy atom. The highest BCUT2D eigenvalue weighted by Gasteiger charge is 2.27. The van der Waals surface area contributed by atoms with E-state index < -0.39 is 41.8 Å². The fourth-order valence-corrected chi connectivity index (χ4v) is 3.42. The lowest BCUT2D eigenvalue weighted by Gasteiger charge is -2.22. The van der Waals surface area contributed by atoms with Gasteiger partial charge in [-0.3, -0.25) is 19.4 Å². The Bertz CT molecular complexity index is 1080. The van der Waals surface area contributed by atoms with E-state index in [1.165, 1.54) is 6.92 Å². The number of aliphatic carboxylic acids is 1. The van der Waals surface area contributed by atoms with Crippen LogP contribution in [0.5, 0.6) is 0 Å². The summed E-state index contributed by atoms with van der Waals surface area (Å²) < 4.78 is 0. The van der Waals surface area contributed by atoms with Crippen molar-refractivity contribution in [2.45, 2.75) is 44.3 Å². The lowest BCUT2D eigenvalue weighted by molar-refractivity contribution is -0.142. The number of nitrogens with two attached hydrogens (primary N) is 3. The molecule has 35 heavy (non-hydrogen) atoms. The number of carbonyl (C=O) groups excluding carboxylic acids is 3. The molecule has 0 saturated carbocycles. The quantitative estimate of drug-likeness (QED) is 0.0915. The molecular weight excluding hydrogens is 456 g/mol. The molecule has 0 aliphatic carbocycles. The van der Waals surface area contributed by atoms with E-state index in [2.05, 4.69) is 25.9 Å².